The standard InChI is InChI=1S/C35H38O5/c1-4-24-11-13-26(14-12-24)35(27-15-17-29(18-16-27)40-23-28(36)22-39-5-2)21-31(25-9-7-6-8-10-25)30-19-33(37)34(38-3)20-32(30)35/h6-20,28,31,36-37H,4-5,21-23H2,1-3H3. The molecule has 0 aromatic heterocycles. The summed E-state index contributed by atoms with van der Waals surface area (Å²) in [6, 6.07) is 31.5. The van der Waals surface area contributed by atoms with E-state index in [9.17, 15) is 10.2 Å². The summed E-state index contributed by atoms with van der Waals surface area (Å²) in [5.74, 6) is 1.39. The largest absolute Gasteiger partial charge is 0.504 e. The molecular weight excluding hydrogens is 500 g/mol. The van der Waals surface area contributed by atoms with E-state index in [0.717, 1.165) is 29.5 Å². The van der Waals surface area contributed by atoms with E-state index >= 15 is 0 Å². The first-order valence-corrected chi connectivity index (χ1v) is 14.0. The van der Waals surface area contributed by atoms with Crippen molar-refractivity contribution in [3.63, 3.8) is 0 Å². The number of aryl methyl sites for hydroxylation is 1. The predicted octanol–water partition coefficient (Wildman–Crippen LogP) is 6.61. The van der Waals surface area contributed by atoms with Gasteiger partial charge < -0.3 is 24.4 Å². The van der Waals surface area contributed by atoms with Gasteiger partial charge in [0.1, 0.15) is 18.5 Å². The van der Waals surface area contributed by atoms with Crippen LogP contribution in [0.15, 0.2) is 91.0 Å². The number of methoxy groups -OCH3 is 1. The number of aromatic hydroxyl groups is 1. The molecule has 0 bridgehead atoms. The summed E-state index contributed by atoms with van der Waals surface area (Å²) in [5, 5.41) is 21.0. The lowest BCUT2D eigenvalue weighted by molar-refractivity contribution is 0.0164. The lowest BCUT2D eigenvalue weighted by Crippen LogP contribution is -2.27. The average Bonchev–Trinajstić information content (AvgIpc) is 3.34. The van der Waals surface area contributed by atoms with E-state index in [2.05, 4.69) is 67.6 Å². The van der Waals surface area contributed by atoms with E-state index < -0.39 is 11.5 Å². The molecule has 0 saturated heterocycles. The highest BCUT2D eigenvalue weighted by Crippen LogP contribution is 2.57. The zero-order valence-corrected chi connectivity index (χ0v) is 23.5. The summed E-state index contributed by atoms with van der Waals surface area (Å²) >= 11 is 0. The molecule has 208 valence electrons. The Kier molecular flexibility index (Phi) is 8.43. The fourth-order valence-electron chi connectivity index (χ4n) is 5.98. The normalized spacial score (nSPS) is 18.8. The Balaban J connectivity index is 1.62. The molecule has 0 fully saturated rings. The third kappa shape index (κ3) is 5.32. The topological polar surface area (TPSA) is 68.2 Å². The molecule has 5 nitrogen and oxygen atoms in total. The molecule has 0 saturated carbocycles. The number of phenolic OH excluding ortho intramolecular Hbond substituents is 1. The number of hydrogen-bond donors (Lipinski definition) is 2. The number of fused-ring (bicyclic) bond motifs is 1. The molecule has 0 radical (unpaired) electrons. The minimum absolute atomic E-state index is 0.0866. The van der Waals surface area contributed by atoms with Gasteiger partial charge in [-0.2, -0.15) is 0 Å². The average molecular weight is 539 g/mol. The first kappa shape index (κ1) is 27.8. The molecular formula is C35H38O5. The SMILES string of the molecule is CCOCC(O)COc1ccc(C2(c3ccc(CC)cc3)CC(c3ccccc3)c3cc(O)c(OC)cc32)cc1. The van der Waals surface area contributed by atoms with Gasteiger partial charge in [0.05, 0.1) is 13.7 Å². The molecule has 0 heterocycles. The van der Waals surface area contributed by atoms with Crippen LogP contribution in [0.3, 0.4) is 0 Å². The van der Waals surface area contributed by atoms with Crippen molar-refractivity contribution in [1.82, 2.24) is 0 Å². The van der Waals surface area contributed by atoms with Crippen LogP contribution in [0.5, 0.6) is 17.2 Å². The Morgan fingerprint density at radius 3 is 2.17 bits per heavy atom. The summed E-state index contributed by atoms with van der Waals surface area (Å²) in [6.45, 7) is 5.04. The van der Waals surface area contributed by atoms with Gasteiger partial charge in [-0.15, -0.1) is 0 Å². The fourth-order valence-corrected chi connectivity index (χ4v) is 5.98. The number of phenols is 1. The highest BCUT2D eigenvalue weighted by molar-refractivity contribution is 5.64. The minimum Gasteiger partial charge on any atom is -0.504 e. The number of rotatable bonds is 11. The van der Waals surface area contributed by atoms with E-state index in [4.69, 9.17) is 14.2 Å². The van der Waals surface area contributed by atoms with Crippen molar-refractivity contribution in [3.8, 4) is 17.2 Å². The van der Waals surface area contributed by atoms with Gasteiger partial charge in [-0.3, -0.25) is 0 Å². The summed E-state index contributed by atoms with van der Waals surface area (Å²) in [4.78, 5) is 0. The van der Waals surface area contributed by atoms with Gasteiger partial charge in [0.15, 0.2) is 11.5 Å². The highest BCUT2D eigenvalue weighted by Gasteiger charge is 2.47. The number of benzene rings is 4. The Labute approximate surface area is 237 Å². The predicted molar refractivity (Wildman–Crippen MR) is 158 cm³/mol. The van der Waals surface area contributed by atoms with Crippen LogP contribution in [-0.4, -0.2) is 43.2 Å². The molecule has 5 heteroatoms. The third-order valence-corrected chi connectivity index (χ3v) is 8.06. The lowest BCUT2D eigenvalue weighted by Gasteiger charge is -2.33. The number of ether oxygens (including phenoxy) is 3. The Bertz CT molecular complexity index is 1400. The van der Waals surface area contributed by atoms with Crippen molar-refractivity contribution < 1.29 is 24.4 Å². The van der Waals surface area contributed by atoms with Crippen molar-refractivity contribution in [2.24, 2.45) is 0 Å². The molecule has 4 aromatic rings. The van der Waals surface area contributed by atoms with Gasteiger partial charge in [-0.05, 0) is 77.4 Å². The van der Waals surface area contributed by atoms with Crippen molar-refractivity contribution >= 4 is 0 Å². The van der Waals surface area contributed by atoms with E-state index in [1.54, 1.807) is 7.11 Å². The zero-order valence-electron chi connectivity index (χ0n) is 23.5. The van der Waals surface area contributed by atoms with Gasteiger partial charge in [-0.1, -0.05) is 73.7 Å². The second-order valence-electron chi connectivity index (χ2n) is 10.4. The number of aliphatic hydroxyl groups excluding tert-OH is 1. The van der Waals surface area contributed by atoms with Gasteiger partial charge in [0.25, 0.3) is 0 Å². The van der Waals surface area contributed by atoms with Crippen LogP contribution in [0, 0.1) is 0 Å². The van der Waals surface area contributed by atoms with E-state index in [1.807, 2.05) is 37.3 Å². The molecule has 3 atom stereocenters. The number of hydrogen-bond acceptors (Lipinski definition) is 5. The number of aliphatic hydroxyl groups is 1. The molecule has 40 heavy (non-hydrogen) atoms. The monoisotopic (exact) mass is 538 g/mol. The Morgan fingerprint density at radius 1 is 0.875 bits per heavy atom. The van der Waals surface area contributed by atoms with Crippen LogP contribution in [0.1, 0.15) is 59.6 Å². The molecule has 3 unspecified atom stereocenters. The van der Waals surface area contributed by atoms with Crippen molar-refractivity contribution in [2.75, 3.05) is 26.9 Å². The minimum atomic E-state index is -0.684. The smallest absolute Gasteiger partial charge is 0.160 e. The van der Waals surface area contributed by atoms with Crippen LogP contribution in [-0.2, 0) is 16.6 Å². The lowest BCUT2D eigenvalue weighted by atomic mass is 9.69. The summed E-state index contributed by atoms with van der Waals surface area (Å²) < 4.78 is 16.8. The van der Waals surface area contributed by atoms with Crippen LogP contribution in [0.2, 0.25) is 0 Å². The molecule has 0 amide bonds. The van der Waals surface area contributed by atoms with Gasteiger partial charge in [-0.25, -0.2) is 0 Å². The molecule has 0 spiro atoms. The Morgan fingerprint density at radius 2 is 1.55 bits per heavy atom. The maximum absolute atomic E-state index is 10.8. The summed E-state index contributed by atoms with van der Waals surface area (Å²) in [6.07, 6.45) is 1.09. The summed E-state index contributed by atoms with van der Waals surface area (Å²) in [7, 11) is 1.59. The van der Waals surface area contributed by atoms with Crippen LogP contribution in [0.4, 0.5) is 0 Å². The molecule has 1 aliphatic rings. The molecule has 5 rings (SSSR count). The van der Waals surface area contributed by atoms with Crippen molar-refractivity contribution in [1.29, 1.82) is 0 Å². The quantitative estimate of drug-likeness (QED) is 0.225. The molecule has 0 aliphatic heterocycles. The van der Waals surface area contributed by atoms with Crippen LogP contribution in [0.25, 0.3) is 0 Å². The van der Waals surface area contributed by atoms with Crippen LogP contribution >= 0.6 is 0 Å². The van der Waals surface area contributed by atoms with Gasteiger partial charge in [0, 0.05) is 17.9 Å². The third-order valence-electron chi connectivity index (χ3n) is 8.06. The first-order chi connectivity index (χ1) is 19.5. The second kappa shape index (κ2) is 12.2. The molecule has 4 aromatic carbocycles. The summed E-state index contributed by atoms with van der Waals surface area (Å²) in [5.41, 5.74) is 6.57. The maximum atomic E-state index is 10.8. The fraction of sp³-hybridized carbons (Fsp3) is 0.314. The van der Waals surface area contributed by atoms with Crippen molar-refractivity contribution in [2.45, 2.75) is 44.1 Å². The Hall–Kier alpha value is -3.80. The van der Waals surface area contributed by atoms with Gasteiger partial charge >= 0.3 is 0 Å². The first-order valence-electron chi connectivity index (χ1n) is 14.0. The highest BCUT2D eigenvalue weighted by atomic mass is 16.5. The molecule has 1 aliphatic carbocycles. The van der Waals surface area contributed by atoms with E-state index in [0.29, 0.717) is 18.1 Å². The molecule has 2 N–H and O–H groups in total. The van der Waals surface area contributed by atoms with Crippen LogP contribution < -0.4 is 9.47 Å². The second-order valence-corrected chi connectivity index (χ2v) is 10.4. The van der Waals surface area contributed by atoms with E-state index in [-0.39, 0.29) is 24.9 Å². The van der Waals surface area contributed by atoms with E-state index in [1.165, 1.54) is 16.7 Å². The zero-order chi connectivity index (χ0) is 28.1. The van der Waals surface area contributed by atoms with Gasteiger partial charge in [0.2, 0.25) is 0 Å². The maximum Gasteiger partial charge on any atom is 0.160 e. The van der Waals surface area contributed by atoms with Crippen molar-refractivity contribution in [3.05, 3.63) is 124 Å².